The van der Waals surface area contributed by atoms with Crippen LogP contribution in [-0.2, 0) is 24.4 Å². The third kappa shape index (κ3) is 4.75. The van der Waals surface area contributed by atoms with Crippen molar-refractivity contribution in [2.24, 2.45) is 0 Å². The Bertz CT molecular complexity index is 924. The lowest BCUT2D eigenvalue weighted by molar-refractivity contribution is -0.385. The molecule has 0 aliphatic rings. The summed E-state index contributed by atoms with van der Waals surface area (Å²) in [6.07, 6.45) is 0. The molecule has 0 atom stereocenters. The van der Waals surface area contributed by atoms with Gasteiger partial charge in [0.15, 0.2) is 0 Å². The van der Waals surface area contributed by atoms with Crippen molar-refractivity contribution in [2.75, 3.05) is 12.0 Å². The number of hydrogen-bond acceptors (Lipinski definition) is 4. The highest BCUT2D eigenvalue weighted by Crippen LogP contribution is 2.30. The molecule has 0 saturated heterocycles. The van der Waals surface area contributed by atoms with Crippen molar-refractivity contribution in [2.45, 2.75) is 26.6 Å². The Hall–Kier alpha value is -3.18. The maximum absolute atomic E-state index is 11.4. The Morgan fingerprint density at radius 1 is 0.857 bits per heavy atom. The van der Waals surface area contributed by atoms with Crippen LogP contribution in [0.15, 0.2) is 72.8 Å². The molecule has 0 aliphatic carbocycles. The maximum atomic E-state index is 11.4. The molecular formula is C23H24N2O3. The Balaban J connectivity index is 1.93. The molecule has 0 bridgehead atoms. The van der Waals surface area contributed by atoms with Crippen LogP contribution >= 0.6 is 0 Å². The van der Waals surface area contributed by atoms with Crippen molar-refractivity contribution in [1.82, 2.24) is 0 Å². The topological polar surface area (TPSA) is 55.6 Å². The van der Waals surface area contributed by atoms with Gasteiger partial charge in [0.1, 0.15) is 0 Å². The largest absolute Gasteiger partial charge is 0.380 e. The van der Waals surface area contributed by atoms with E-state index in [4.69, 9.17) is 4.74 Å². The first kappa shape index (κ1) is 19.6. The molecule has 0 fully saturated rings. The highest BCUT2D eigenvalue weighted by Gasteiger charge is 2.18. The van der Waals surface area contributed by atoms with Crippen LogP contribution in [0.25, 0.3) is 0 Å². The minimum absolute atomic E-state index is 0.144. The van der Waals surface area contributed by atoms with Gasteiger partial charge >= 0.3 is 0 Å². The molecule has 0 unspecified atom stereocenters. The van der Waals surface area contributed by atoms with Crippen molar-refractivity contribution in [1.29, 1.82) is 0 Å². The molecule has 0 aliphatic heterocycles. The fourth-order valence-electron chi connectivity index (χ4n) is 3.31. The second-order valence-electron chi connectivity index (χ2n) is 6.77. The molecule has 3 rings (SSSR count). The van der Waals surface area contributed by atoms with Gasteiger partial charge in [-0.15, -0.1) is 0 Å². The third-order valence-electron chi connectivity index (χ3n) is 4.74. The van der Waals surface area contributed by atoms with Crippen LogP contribution in [0.5, 0.6) is 0 Å². The van der Waals surface area contributed by atoms with E-state index in [1.807, 2.05) is 31.2 Å². The number of nitro benzene ring substituents is 1. The molecule has 144 valence electrons. The zero-order chi connectivity index (χ0) is 19.9. The van der Waals surface area contributed by atoms with E-state index in [9.17, 15) is 10.1 Å². The molecule has 0 N–H and O–H groups in total. The summed E-state index contributed by atoms with van der Waals surface area (Å²) >= 11 is 0. The van der Waals surface area contributed by atoms with Crippen LogP contribution in [0, 0.1) is 17.0 Å². The van der Waals surface area contributed by atoms with Crippen molar-refractivity contribution in [3.63, 3.8) is 0 Å². The highest BCUT2D eigenvalue weighted by molar-refractivity contribution is 5.61. The van der Waals surface area contributed by atoms with Crippen LogP contribution < -0.4 is 4.90 Å². The Kier molecular flexibility index (Phi) is 6.40. The summed E-state index contributed by atoms with van der Waals surface area (Å²) in [7, 11) is 1.68. The summed E-state index contributed by atoms with van der Waals surface area (Å²) in [5.41, 5.74) is 5.11. The first-order valence-corrected chi connectivity index (χ1v) is 9.18. The molecule has 5 heteroatoms. The Labute approximate surface area is 165 Å². The molecule has 0 amide bonds. The van der Waals surface area contributed by atoms with Gasteiger partial charge in [-0.25, -0.2) is 0 Å². The lowest BCUT2D eigenvalue weighted by Gasteiger charge is -2.27. The van der Waals surface area contributed by atoms with Gasteiger partial charge in [0, 0.05) is 32.0 Å². The van der Waals surface area contributed by atoms with Crippen molar-refractivity contribution >= 4 is 11.4 Å². The normalized spacial score (nSPS) is 10.6. The number of methoxy groups -OCH3 is 1. The predicted octanol–water partition coefficient (Wildman–Crippen LogP) is 5.26. The molecule has 5 nitrogen and oxygen atoms in total. The highest BCUT2D eigenvalue weighted by atomic mass is 16.6. The van der Waals surface area contributed by atoms with E-state index in [-0.39, 0.29) is 10.6 Å². The van der Waals surface area contributed by atoms with Gasteiger partial charge < -0.3 is 9.64 Å². The number of benzene rings is 3. The summed E-state index contributed by atoms with van der Waals surface area (Å²) in [4.78, 5) is 13.3. The lowest BCUT2D eigenvalue weighted by atomic mass is 10.1. The predicted molar refractivity (Wildman–Crippen MR) is 111 cm³/mol. The molecule has 0 heterocycles. The monoisotopic (exact) mass is 376 g/mol. The average Bonchev–Trinajstić information content (AvgIpc) is 2.70. The molecule has 3 aromatic carbocycles. The first-order chi connectivity index (χ1) is 13.6. The van der Waals surface area contributed by atoms with E-state index in [1.165, 1.54) is 0 Å². The fourth-order valence-corrected chi connectivity index (χ4v) is 3.31. The van der Waals surface area contributed by atoms with E-state index >= 15 is 0 Å². The number of rotatable bonds is 8. The summed E-state index contributed by atoms with van der Waals surface area (Å²) < 4.78 is 5.17. The first-order valence-electron chi connectivity index (χ1n) is 9.18. The molecule has 0 aromatic heterocycles. The number of nitrogens with zero attached hydrogens (tertiary/aromatic N) is 2. The average molecular weight is 376 g/mol. The van der Waals surface area contributed by atoms with Gasteiger partial charge in [-0.1, -0.05) is 60.7 Å². The zero-order valence-electron chi connectivity index (χ0n) is 16.2. The third-order valence-corrected chi connectivity index (χ3v) is 4.74. The van der Waals surface area contributed by atoms with Gasteiger partial charge in [0.05, 0.1) is 17.1 Å². The van der Waals surface area contributed by atoms with E-state index in [0.29, 0.717) is 25.3 Å². The van der Waals surface area contributed by atoms with Crippen LogP contribution in [0.4, 0.5) is 11.4 Å². The number of nitro groups is 1. The maximum Gasteiger partial charge on any atom is 0.274 e. The summed E-state index contributed by atoms with van der Waals surface area (Å²) in [6, 6.07) is 23.7. The van der Waals surface area contributed by atoms with Gasteiger partial charge in [-0.2, -0.15) is 0 Å². The van der Waals surface area contributed by atoms with Crippen LogP contribution in [0.2, 0.25) is 0 Å². The van der Waals surface area contributed by atoms with E-state index in [0.717, 1.165) is 22.4 Å². The van der Waals surface area contributed by atoms with Crippen molar-refractivity contribution < 1.29 is 9.66 Å². The van der Waals surface area contributed by atoms with E-state index in [1.54, 1.807) is 19.2 Å². The van der Waals surface area contributed by atoms with Crippen molar-refractivity contribution in [3.8, 4) is 0 Å². The number of ether oxygens (including phenoxy) is 1. The molecule has 28 heavy (non-hydrogen) atoms. The van der Waals surface area contributed by atoms with Crippen molar-refractivity contribution in [3.05, 3.63) is 105 Å². The quantitative estimate of drug-likeness (QED) is 0.398. The van der Waals surface area contributed by atoms with E-state index < -0.39 is 0 Å². The van der Waals surface area contributed by atoms with Crippen LogP contribution in [0.1, 0.15) is 22.3 Å². The Morgan fingerprint density at radius 3 is 2.07 bits per heavy atom. The molecule has 0 saturated carbocycles. The van der Waals surface area contributed by atoms with E-state index in [2.05, 4.69) is 41.3 Å². The number of hydrogen-bond donors (Lipinski definition) is 0. The summed E-state index contributed by atoms with van der Waals surface area (Å²) in [6.45, 7) is 3.72. The molecule has 0 radical (unpaired) electrons. The second-order valence-corrected chi connectivity index (χ2v) is 6.77. The van der Waals surface area contributed by atoms with Crippen LogP contribution in [-0.4, -0.2) is 12.0 Å². The second kappa shape index (κ2) is 9.15. The SMILES string of the molecule is COCc1ccc(CN(Cc2ccccc2)c2cccc([N+](=O)[O-])c2C)cc1. The minimum Gasteiger partial charge on any atom is -0.380 e. The number of anilines is 1. The van der Waals surface area contributed by atoms with Gasteiger partial charge in [0.25, 0.3) is 5.69 Å². The molecule has 0 spiro atoms. The minimum atomic E-state index is -0.320. The zero-order valence-corrected chi connectivity index (χ0v) is 16.2. The molecular weight excluding hydrogens is 352 g/mol. The van der Waals surface area contributed by atoms with Gasteiger partial charge in [-0.3, -0.25) is 10.1 Å². The Morgan fingerprint density at radius 2 is 1.46 bits per heavy atom. The smallest absolute Gasteiger partial charge is 0.274 e. The fraction of sp³-hybridized carbons (Fsp3) is 0.217. The lowest BCUT2D eigenvalue weighted by Crippen LogP contribution is -2.23. The summed E-state index contributed by atoms with van der Waals surface area (Å²) in [5, 5.41) is 11.4. The van der Waals surface area contributed by atoms with Gasteiger partial charge in [-0.05, 0) is 29.7 Å². The summed E-state index contributed by atoms with van der Waals surface area (Å²) in [5.74, 6) is 0. The standard InChI is InChI=1S/C23H24N2O3/c1-18-22(9-6-10-23(18)25(26)27)24(15-19-7-4-3-5-8-19)16-20-11-13-21(14-12-20)17-28-2/h3-14H,15-17H2,1-2H3. The molecule has 3 aromatic rings. The van der Waals surface area contributed by atoms with Crippen LogP contribution in [0.3, 0.4) is 0 Å². The van der Waals surface area contributed by atoms with Gasteiger partial charge in [0.2, 0.25) is 0 Å².